The van der Waals surface area contributed by atoms with Crippen molar-refractivity contribution < 1.29 is 0 Å². The standard InChI is InChI=1S/C14H15N5S/c1-14(2,3)12-11(20-18-16-12)13-17-15-9-19(13)10-7-5-4-6-8-10/h4-9H,1-3H3. The molecule has 0 fully saturated rings. The van der Waals surface area contributed by atoms with Gasteiger partial charge in [-0.1, -0.05) is 43.5 Å². The van der Waals surface area contributed by atoms with Crippen LogP contribution in [0.25, 0.3) is 16.4 Å². The van der Waals surface area contributed by atoms with Gasteiger partial charge in [0.25, 0.3) is 0 Å². The van der Waals surface area contributed by atoms with Crippen molar-refractivity contribution in [1.82, 2.24) is 24.4 Å². The van der Waals surface area contributed by atoms with Gasteiger partial charge in [-0.15, -0.1) is 15.3 Å². The molecule has 3 rings (SSSR count). The van der Waals surface area contributed by atoms with Gasteiger partial charge in [-0.05, 0) is 23.7 Å². The topological polar surface area (TPSA) is 56.5 Å². The average molecular weight is 285 g/mol. The highest BCUT2D eigenvalue weighted by atomic mass is 32.1. The third-order valence-corrected chi connectivity index (χ3v) is 3.71. The van der Waals surface area contributed by atoms with Crippen molar-refractivity contribution >= 4 is 11.5 Å². The molecule has 20 heavy (non-hydrogen) atoms. The molecule has 3 aromatic rings. The van der Waals surface area contributed by atoms with E-state index >= 15 is 0 Å². The first-order valence-electron chi connectivity index (χ1n) is 6.36. The molecule has 0 bridgehead atoms. The Labute approximate surface area is 121 Å². The molecule has 102 valence electrons. The number of nitrogens with zero attached hydrogens (tertiary/aromatic N) is 5. The molecule has 0 radical (unpaired) electrons. The molecule has 2 heterocycles. The molecular formula is C14H15N5S. The monoisotopic (exact) mass is 285 g/mol. The van der Waals surface area contributed by atoms with Crippen LogP contribution in [0.3, 0.4) is 0 Å². The zero-order valence-electron chi connectivity index (χ0n) is 11.6. The van der Waals surface area contributed by atoms with Gasteiger partial charge in [0.2, 0.25) is 0 Å². The summed E-state index contributed by atoms with van der Waals surface area (Å²) in [4.78, 5) is 0.971. The van der Waals surface area contributed by atoms with Gasteiger partial charge in [0.15, 0.2) is 5.82 Å². The minimum Gasteiger partial charge on any atom is -0.281 e. The SMILES string of the molecule is CC(C)(C)c1nnsc1-c1nncn1-c1ccccc1. The van der Waals surface area contributed by atoms with Crippen molar-refractivity contribution in [3.05, 3.63) is 42.4 Å². The minimum absolute atomic E-state index is 0.0736. The Hall–Kier alpha value is -2.08. The van der Waals surface area contributed by atoms with E-state index in [4.69, 9.17) is 0 Å². The fraction of sp³-hybridized carbons (Fsp3) is 0.286. The van der Waals surface area contributed by atoms with E-state index in [9.17, 15) is 0 Å². The molecule has 5 nitrogen and oxygen atoms in total. The van der Waals surface area contributed by atoms with Crippen LogP contribution in [0, 0.1) is 0 Å². The van der Waals surface area contributed by atoms with E-state index in [1.54, 1.807) is 6.33 Å². The molecule has 0 spiro atoms. The third kappa shape index (κ3) is 2.22. The van der Waals surface area contributed by atoms with E-state index in [1.165, 1.54) is 11.5 Å². The lowest BCUT2D eigenvalue weighted by Crippen LogP contribution is -2.13. The van der Waals surface area contributed by atoms with E-state index in [0.29, 0.717) is 0 Å². The van der Waals surface area contributed by atoms with Gasteiger partial charge in [0.1, 0.15) is 11.2 Å². The van der Waals surface area contributed by atoms with Crippen molar-refractivity contribution in [3.8, 4) is 16.4 Å². The lowest BCUT2D eigenvalue weighted by molar-refractivity contribution is 0.567. The van der Waals surface area contributed by atoms with Crippen LogP contribution >= 0.6 is 11.5 Å². The van der Waals surface area contributed by atoms with E-state index in [0.717, 1.165) is 22.1 Å². The zero-order chi connectivity index (χ0) is 14.2. The molecule has 0 N–H and O–H groups in total. The second-order valence-electron chi connectivity index (χ2n) is 5.56. The first-order chi connectivity index (χ1) is 9.57. The van der Waals surface area contributed by atoms with E-state index in [2.05, 4.69) is 40.6 Å². The lowest BCUT2D eigenvalue weighted by Gasteiger charge is -2.16. The minimum atomic E-state index is -0.0736. The highest BCUT2D eigenvalue weighted by Crippen LogP contribution is 2.33. The Morgan fingerprint density at radius 3 is 2.50 bits per heavy atom. The highest BCUT2D eigenvalue weighted by Gasteiger charge is 2.26. The maximum atomic E-state index is 4.27. The molecule has 0 atom stereocenters. The van der Waals surface area contributed by atoms with Crippen LogP contribution in [0.15, 0.2) is 36.7 Å². The lowest BCUT2D eigenvalue weighted by atomic mass is 9.91. The normalized spacial score (nSPS) is 11.8. The molecule has 0 saturated carbocycles. The molecule has 0 aliphatic rings. The summed E-state index contributed by atoms with van der Waals surface area (Å²) in [6, 6.07) is 10.0. The van der Waals surface area contributed by atoms with Crippen LogP contribution in [0.2, 0.25) is 0 Å². The van der Waals surface area contributed by atoms with Gasteiger partial charge in [-0.3, -0.25) is 4.57 Å². The highest BCUT2D eigenvalue weighted by molar-refractivity contribution is 7.09. The summed E-state index contributed by atoms with van der Waals surface area (Å²) in [7, 11) is 0. The Balaban J connectivity index is 2.14. The fourth-order valence-electron chi connectivity index (χ4n) is 2.00. The first-order valence-corrected chi connectivity index (χ1v) is 7.13. The molecule has 1 aromatic carbocycles. The predicted molar refractivity (Wildman–Crippen MR) is 79.0 cm³/mol. The third-order valence-electron chi connectivity index (χ3n) is 2.98. The van der Waals surface area contributed by atoms with E-state index in [1.807, 2.05) is 34.9 Å². The Morgan fingerprint density at radius 1 is 1.05 bits per heavy atom. The predicted octanol–water partition coefficient (Wildman–Crippen LogP) is 3.08. The quantitative estimate of drug-likeness (QED) is 0.726. The van der Waals surface area contributed by atoms with Gasteiger partial charge >= 0.3 is 0 Å². The summed E-state index contributed by atoms with van der Waals surface area (Å²) >= 11 is 1.36. The Bertz CT molecular complexity index is 709. The Kier molecular flexibility index (Phi) is 3.10. The molecular weight excluding hydrogens is 270 g/mol. The van der Waals surface area contributed by atoms with Crippen LogP contribution in [-0.2, 0) is 5.41 Å². The molecule has 0 amide bonds. The van der Waals surface area contributed by atoms with Gasteiger partial charge in [-0.25, -0.2) is 0 Å². The summed E-state index contributed by atoms with van der Waals surface area (Å²) < 4.78 is 6.05. The smallest absolute Gasteiger partial charge is 0.182 e. The summed E-state index contributed by atoms with van der Waals surface area (Å²) in [6.07, 6.45) is 1.72. The summed E-state index contributed by atoms with van der Waals surface area (Å²) in [5.41, 5.74) is 1.91. The van der Waals surface area contributed by atoms with Crippen molar-refractivity contribution in [3.63, 3.8) is 0 Å². The van der Waals surface area contributed by atoms with Crippen molar-refractivity contribution in [1.29, 1.82) is 0 Å². The van der Waals surface area contributed by atoms with Gasteiger partial charge < -0.3 is 0 Å². The van der Waals surface area contributed by atoms with Crippen LogP contribution in [0.4, 0.5) is 0 Å². The zero-order valence-corrected chi connectivity index (χ0v) is 12.4. The summed E-state index contributed by atoms with van der Waals surface area (Å²) in [6.45, 7) is 6.36. The number of hydrogen-bond donors (Lipinski definition) is 0. The van der Waals surface area contributed by atoms with Crippen LogP contribution < -0.4 is 0 Å². The van der Waals surface area contributed by atoms with Crippen molar-refractivity contribution in [2.75, 3.05) is 0 Å². The largest absolute Gasteiger partial charge is 0.281 e. The Morgan fingerprint density at radius 2 is 1.80 bits per heavy atom. The maximum Gasteiger partial charge on any atom is 0.182 e. The second-order valence-corrected chi connectivity index (χ2v) is 6.31. The number of aromatic nitrogens is 5. The van der Waals surface area contributed by atoms with Crippen LogP contribution in [0.5, 0.6) is 0 Å². The summed E-state index contributed by atoms with van der Waals surface area (Å²) in [5, 5.41) is 12.6. The summed E-state index contributed by atoms with van der Waals surface area (Å²) in [5.74, 6) is 0.788. The van der Waals surface area contributed by atoms with Gasteiger partial charge in [0.05, 0.1) is 5.69 Å². The molecule has 0 aliphatic heterocycles. The maximum absolute atomic E-state index is 4.27. The molecule has 0 unspecified atom stereocenters. The van der Waals surface area contributed by atoms with Crippen LogP contribution in [-0.4, -0.2) is 24.4 Å². The van der Waals surface area contributed by atoms with Crippen molar-refractivity contribution in [2.24, 2.45) is 0 Å². The number of hydrogen-bond acceptors (Lipinski definition) is 5. The fourth-order valence-corrected chi connectivity index (χ4v) is 2.85. The number of rotatable bonds is 2. The van der Waals surface area contributed by atoms with E-state index in [-0.39, 0.29) is 5.41 Å². The second kappa shape index (κ2) is 4.79. The number of para-hydroxylation sites is 1. The van der Waals surface area contributed by atoms with E-state index < -0.39 is 0 Å². The van der Waals surface area contributed by atoms with Crippen molar-refractivity contribution in [2.45, 2.75) is 26.2 Å². The average Bonchev–Trinajstić information content (AvgIpc) is 3.07. The number of benzene rings is 1. The van der Waals surface area contributed by atoms with Crippen LogP contribution in [0.1, 0.15) is 26.5 Å². The molecule has 2 aromatic heterocycles. The van der Waals surface area contributed by atoms with Gasteiger partial charge in [-0.2, -0.15) is 0 Å². The molecule has 0 saturated heterocycles. The molecule has 6 heteroatoms. The van der Waals surface area contributed by atoms with Gasteiger partial charge in [0, 0.05) is 11.1 Å². The first kappa shape index (κ1) is 12.9. The molecule has 0 aliphatic carbocycles.